The fraction of sp³-hybridized carbons (Fsp3) is 0.708. The van der Waals surface area contributed by atoms with Crippen LogP contribution in [0.15, 0.2) is 30.3 Å². The summed E-state index contributed by atoms with van der Waals surface area (Å²) in [6.45, 7) is 14.8. The van der Waals surface area contributed by atoms with Crippen molar-refractivity contribution in [3.05, 3.63) is 35.9 Å². The first-order valence-corrected chi connectivity index (χ1v) is 10.7. The normalized spacial score (nSPS) is 22.3. The number of carbonyl (C=O) groups excluding carboxylic acids is 1. The second-order valence-electron chi connectivity index (χ2n) is 8.88. The average Bonchev–Trinajstić information content (AvgIpc) is 3.06. The monoisotopic (exact) mass is 357 g/mol. The van der Waals surface area contributed by atoms with Crippen molar-refractivity contribution in [3.63, 3.8) is 0 Å². The molecule has 0 saturated carbocycles. The lowest BCUT2D eigenvalue weighted by molar-refractivity contribution is -0.124. The van der Waals surface area contributed by atoms with Gasteiger partial charge < -0.3 is 5.32 Å². The molecule has 0 radical (unpaired) electrons. The second kappa shape index (κ2) is 8.59. The van der Waals surface area contributed by atoms with Gasteiger partial charge in [0.05, 0.1) is 0 Å². The molecule has 1 aromatic rings. The molecule has 3 unspecified atom stereocenters. The minimum Gasteiger partial charge on any atom is -0.356 e. The zero-order valence-corrected chi connectivity index (χ0v) is 17.8. The highest BCUT2D eigenvalue weighted by Crippen LogP contribution is 2.50. The van der Waals surface area contributed by atoms with Crippen LogP contribution in [-0.4, -0.2) is 12.5 Å². The fourth-order valence-corrected chi connectivity index (χ4v) is 4.95. The third-order valence-corrected chi connectivity index (χ3v) is 7.98. The lowest BCUT2D eigenvalue weighted by atomic mass is 9.62. The maximum absolute atomic E-state index is 12.8. The molecule has 1 aromatic carbocycles. The summed E-state index contributed by atoms with van der Waals surface area (Å²) in [7, 11) is 0. The van der Waals surface area contributed by atoms with E-state index in [0.717, 1.165) is 38.6 Å². The lowest BCUT2D eigenvalue weighted by Gasteiger charge is -2.41. The molecule has 0 aliphatic carbocycles. The van der Waals surface area contributed by atoms with E-state index in [2.05, 4.69) is 77.2 Å². The van der Waals surface area contributed by atoms with E-state index in [9.17, 15) is 4.79 Å². The standard InChI is InChI=1S/C24H39NO/c1-7-23(5,8-2)20(18-14-12-11-13-15-18)16-19-21(17-25-22(19)26)24(6,9-3)10-4/h11-15,19-21H,7-10,16-17H2,1-6H3,(H,25,26). The summed E-state index contributed by atoms with van der Waals surface area (Å²) in [4.78, 5) is 12.8. The summed E-state index contributed by atoms with van der Waals surface area (Å²) in [6, 6.07) is 10.9. The number of rotatable bonds is 9. The van der Waals surface area contributed by atoms with Crippen LogP contribution in [0.2, 0.25) is 0 Å². The van der Waals surface area contributed by atoms with Crippen LogP contribution >= 0.6 is 0 Å². The van der Waals surface area contributed by atoms with Gasteiger partial charge in [-0.15, -0.1) is 0 Å². The molecule has 2 heteroatoms. The average molecular weight is 358 g/mol. The summed E-state index contributed by atoms with van der Waals surface area (Å²) in [5.74, 6) is 1.27. The molecule has 1 aliphatic heterocycles. The highest BCUT2D eigenvalue weighted by Gasteiger charge is 2.46. The first-order chi connectivity index (χ1) is 12.3. The van der Waals surface area contributed by atoms with Crippen LogP contribution in [0.1, 0.15) is 85.1 Å². The molecule has 0 bridgehead atoms. The smallest absolute Gasteiger partial charge is 0.223 e. The van der Waals surface area contributed by atoms with Gasteiger partial charge in [-0.3, -0.25) is 4.79 Å². The van der Waals surface area contributed by atoms with Crippen molar-refractivity contribution in [2.24, 2.45) is 22.7 Å². The Hall–Kier alpha value is -1.31. The van der Waals surface area contributed by atoms with Gasteiger partial charge in [0.2, 0.25) is 5.91 Å². The summed E-state index contributed by atoms with van der Waals surface area (Å²) in [6.07, 6.45) is 5.51. The maximum Gasteiger partial charge on any atom is 0.223 e. The van der Waals surface area contributed by atoms with Crippen molar-refractivity contribution in [3.8, 4) is 0 Å². The third-order valence-electron chi connectivity index (χ3n) is 7.98. The molecule has 26 heavy (non-hydrogen) atoms. The molecule has 1 heterocycles. The Morgan fingerprint density at radius 3 is 2.08 bits per heavy atom. The SMILES string of the molecule is CCC(C)(CC)C(CC1C(=O)NCC1C(C)(CC)CC)c1ccccc1. The Morgan fingerprint density at radius 2 is 1.58 bits per heavy atom. The van der Waals surface area contributed by atoms with Gasteiger partial charge in [-0.05, 0) is 34.7 Å². The molecule has 2 nitrogen and oxygen atoms in total. The molecule has 3 atom stereocenters. The maximum atomic E-state index is 12.8. The topological polar surface area (TPSA) is 29.1 Å². The summed E-state index contributed by atoms with van der Waals surface area (Å²) >= 11 is 0. The first kappa shape index (κ1) is 21.0. The predicted molar refractivity (Wildman–Crippen MR) is 111 cm³/mol. The van der Waals surface area contributed by atoms with Crippen molar-refractivity contribution in [1.82, 2.24) is 5.32 Å². The van der Waals surface area contributed by atoms with Gasteiger partial charge in [0.15, 0.2) is 0 Å². The molecule has 146 valence electrons. The molecule has 1 amide bonds. The summed E-state index contributed by atoms with van der Waals surface area (Å²) in [5.41, 5.74) is 1.86. The molecular formula is C24H39NO. The van der Waals surface area contributed by atoms with Gasteiger partial charge in [0.25, 0.3) is 0 Å². The van der Waals surface area contributed by atoms with Gasteiger partial charge in [0.1, 0.15) is 0 Å². The van der Waals surface area contributed by atoms with Crippen LogP contribution in [-0.2, 0) is 4.79 Å². The number of benzene rings is 1. The number of hydrogen-bond acceptors (Lipinski definition) is 1. The van der Waals surface area contributed by atoms with Crippen molar-refractivity contribution in [2.45, 2.75) is 79.6 Å². The first-order valence-electron chi connectivity index (χ1n) is 10.7. The van der Waals surface area contributed by atoms with Crippen molar-refractivity contribution in [2.75, 3.05) is 6.54 Å². The molecule has 1 fully saturated rings. The van der Waals surface area contributed by atoms with E-state index in [1.54, 1.807) is 0 Å². The van der Waals surface area contributed by atoms with Gasteiger partial charge >= 0.3 is 0 Å². The van der Waals surface area contributed by atoms with E-state index < -0.39 is 0 Å². The second-order valence-corrected chi connectivity index (χ2v) is 8.88. The predicted octanol–water partition coefficient (Wildman–Crippen LogP) is 6.18. The largest absolute Gasteiger partial charge is 0.356 e. The van der Waals surface area contributed by atoms with Gasteiger partial charge in [-0.1, -0.05) is 97.6 Å². The number of hydrogen-bond donors (Lipinski definition) is 1. The van der Waals surface area contributed by atoms with E-state index in [1.807, 2.05) is 0 Å². The zero-order chi connectivity index (χ0) is 19.4. The highest BCUT2D eigenvalue weighted by atomic mass is 16.2. The summed E-state index contributed by atoms with van der Waals surface area (Å²) in [5, 5.41) is 3.20. The van der Waals surface area contributed by atoms with Crippen LogP contribution in [0.5, 0.6) is 0 Å². The minimum atomic E-state index is 0.127. The Bertz CT molecular complexity index is 571. The van der Waals surface area contributed by atoms with E-state index in [1.165, 1.54) is 5.56 Å². The quantitative estimate of drug-likeness (QED) is 0.562. The molecular weight excluding hydrogens is 318 g/mol. The highest BCUT2D eigenvalue weighted by molar-refractivity contribution is 5.81. The minimum absolute atomic E-state index is 0.127. The molecule has 1 saturated heterocycles. The van der Waals surface area contributed by atoms with E-state index in [-0.39, 0.29) is 22.7 Å². The molecule has 2 rings (SSSR count). The third kappa shape index (κ3) is 4.00. The van der Waals surface area contributed by atoms with Gasteiger partial charge in [-0.2, -0.15) is 0 Å². The Balaban J connectivity index is 2.39. The van der Waals surface area contributed by atoms with Crippen LogP contribution < -0.4 is 5.32 Å². The van der Waals surface area contributed by atoms with E-state index >= 15 is 0 Å². The molecule has 0 aromatic heterocycles. The van der Waals surface area contributed by atoms with Crippen LogP contribution in [0.3, 0.4) is 0 Å². The van der Waals surface area contributed by atoms with E-state index in [0.29, 0.717) is 11.8 Å². The van der Waals surface area contributed by atoms with Gasteiger partial charge in [-0.25, -0.2) is 0 Å². The van der Waals surface area contributed by atoms with E-state index in [4.69, 9.17) is 0 Å². The van der Waals surface area contributed by atoms with Crippen LogP contribution in [0.25, 0.3) is 0 Å². The lowest BCUT2D eigenvalue weighted by Crippen LogP contribution is -2.35. The fourth-order valence-electron chi connectivity index (χ4n) is 4.95. The molecule has 1 N–H and O–H groups in total. The van der Waals surface area contributed by atoms with Gasteiger partial charge in [0, 0.05) is 12.5 Å². The van der Waals surface area contributed by atoms with Crippen LogP contribution in [0.4, 0.5) is 0 Å². The Morgan fingerprint density at radius 1 is 1.00 bits per heavy atom. The summed E-state index contributed by atoms with van der Waals surface area (Å²) < 4.78 is 0. The number of amides is 1. The number of nitrogens with one attached hydrogen (secondary N) is 1. The molecule has 0 spiro atoms. The van der Waals surface area contributed by atoms with Crippen LogP contribution in [0, 0.1) is 22.7 Å². The van der Waals surface area contributed by atoms with Crippen molar-refractivity contribution in [1.29, 1.82) is 0 Å². The van der Waals surface area contributed by atoms with Crippen molar-refractivity contribution < 1.29 is 4.79 Å². The Kier molecular flexibility index (Phi) is 6.93. The number of carbonyl (C=O) groups is 1. The zero-order valence-electron chi connectivity index (χ0n) is 17.8. The Labute approximate surface area is 161 Å². The van der Waals surface area contributed by atoms with Crippen molar-refractivity contribution >= 4 is 5.91 Å². The molecule has 1 aliphatic rings.